The zero-order valence-electron chi connectivity index (χ0n) is 8.79. The molecule has 2 nitrogen and oxygen atoms in total. The molecule has 0 aliphatic carbocycles. The van der Waals surface area contributed by atoms with Crippen molar-refractivity contribution in [1.29, 1.82) is 0 Å². The molecular formula is C12H14FNO. The number of hydrogen-bond acceptors (Lipinski definition) is 2. The molecule has 0 amide bonds. The van der Waals surface area contributed by atoms with Gasteiger partial charge in [0.25, 0.3) is 0 Å². The first-order valence-corrected chi connectivity index (χ1v) is 5.35. The van der Waals surface area contributed by atoms with Crippen molar-refractivity contribution < 1.29 is 8.91 Å². The Labute approximate surface area is 88.1 Å². The SMILES string of the molecule is CCCCCc1noc2cc(F)ccc12. The number of hydrogen-bond donors (Lipinski definition) is 0. The predicted octanol–water partition coefficient (Wildman–Crippen LogP) is 3.70. The summed E-state index contributed by atoms with van der Waals surface area (Å²) in [4.78, 5) is 0. The second-order valence-corrected chi connectivity index (χ2v) is 3.73. The van der Waals surface area contributed by atoms with Crippen LogP contribution >= 0.6 is 0 Å². The normalized spacial score (nSPS) is 11.1. The van der Waals surface area contributed by atoms with Crippen LogP contribution in [0.25, 0.3) is 11.0 Å². The molecule has 1 aromatic carbocycles. The Hall–Kier alpha value is -1.38. The minimum Gasteiger partial charge on any atom is -0.356 e. The fourth-order valence-corrected chi connectivity index (χ4v) is 1.69. The molecule has 0 unspecified atom stereocenters. The van der Waals surface area contributed by atoms with Gasteiger partial charge in [-0.15, -0.1) is 0 Å². The van der Waals surface area contributed by atoms with E-state index in [9.17, 15) is 4.39 Å². The highest BCUT2D eigenvalue weighted by atomic mass is 19.1. The Bertz CT molecular complexity index is 450. The predicted molar refractivity (Wildman–Crippen MR) is 57.2 cm³/mol. The first kappa shape index (κ1) is 10.1. The van der Waals surface area contributed by atoms with Crippen LogP contribution in [0.1, 0.15) is 31.9 Å². The Morgan fingerprint density at radius 2 is 2.20 bits per heavy atom. The summed E-state index contributed by atoms with van der Waals surface area (Å²) in [6, 6.07) is 4.57. The number of aromatic nitrogens is 1. The van der Waals surface area contributed by atoms with E-state index in [1.54, 1.807) is 6.07 Å². The third-order valence-electron chi connectivity index (χ3n) is 2.53. The molecule has 0 radical (unpaired) electrons. The summed E-state index contributed by atoms with van der Waals surface area (Å²) in [6.07, 6.45) is 4.39. The second kappa shape index (κ2) is 4.43. The van der Waals surface area contributed by atoms with Gasteiger partial charge in [0.1, 0.15) is 5.82 Å². The molecule has 0 bridgehead atoms. The summed E-state index contributed by atoms with van der Waals surface area (Å²) in [7, 11) is 0. The lowest BCUT2D eigenvalue weighted by molar-refractivity contribution is 0.442. The lowest BCUT2D eigenvalue weighted by Crippen LogP contribution is -1.85. The minimum absolute atomic E-state index is 0.279. The Kier molecular flexibility index (Phi) is 2.99. The van der Waals surface area contributed by atoms with E-state index in [4.69, 9.17) is 4.52 Å². The Morgan fingerprint density at radius 1 is 1.33 bits per heavy atom. The van der Waals surface area contributed by atoms with Crippen LogP contribution < -0.4 is 0 Å². The van der Waals surface area contributed by atoms with Crippen LogP contribution in [0, 0.1) is 5.82 Å². The molecule has 0 saturated carbocycles. The van der Waals surface area contributed by atoms with Gasteiger partial charge in [-0.1, -0.05) is 24.9 Å². The van der Waals surface area contributed by atoms with Crippen LogP contribution in [0.2, 0.25) is 0 Å². The van der Waals surface area contributed by atoms with E-state index in [1.165, 1.54) is 25.0 Å². The van der Waals surface area contributed by atoms with Crippen LogP contribution in [-0.2, 0) is 6.42 Å². The summed E-state index contributed by atoms with van der Waals surface area (Å²) >= 11 is 0. The zero-order valence-corrected chi connectivity index (χ0v) is 8.79. The van der Waals surface area contributed by atoms with Crippen LogP contribution in [-0.4, -0.2) is 5.16 Å². The molecule has 15 heavy (non-hydrogen) atoms. The average molecular weight is 207 g/mol. The first-order chi connectivity index (χ1) is 7.31. The number of fused-ring (bicyclic) bond motifs is 1. The number of rotatable bonds is 4. The van der Waals surface area contributed by atoms with Crippen molar-refractivity contribution in [3.8, 4) is 0 Å². The van der Waals surface area contributed by atoms with Crippen molar-refractivity contribution in [2.24, 2.45) is 0 Å². The van der Waals surface area contributed by atoms with Crippen molar-refractivity contribution >= 4 is 11.0 Å². The first-order valence-electron chi connectivity index (χ1n) is 5.35. The van der Waals surface area contributed by atoms with Gasteiger partial charge in [0.05, 0.1) is 5.69 Å². The van der Waals surface area contributed by atoms with Crippen molar-refractivity contribution in [3.63, 3.8) is 0 Å². The number of unbranched alkanes of at least 4 members (excludes halogenated alkanes) is 2. The second-order valence-electron chi connectivity index (χ2n) is 3.73. The molecule has 2 rings (SSSR count). The van der Waals surface area contributed by atoms with Crippen LogP contribution in [0.4, 0.5) is 4.39 Å². The molecule has 0 fully saturated rings. The van der Waals surface area contributed by atoms with Gasteiger partial charge in [0.2, 0.25) is 0 Å². The van der Waals surface area contributed by atoms with E-state index in [2.05, 4.69) is 12.1 Å². The summed E-state index contributed by atoms with van der Waals surface area (Å²) in [6.45, 7) is 2.16. The highest BCUT2D eigenvalue weighted by Gasteiger charge is 2.07. The van der Waals surface area contributed by atoms with Gasteiger partial charge >= 0.3 is 0 Å². The van der Waals surface area contributed by atoms with Gasteiger partial charge in [-0.3, -0.25) is 0 Å². The molecule has 0 aliphatic heterocycles. The summed E-state index contributed by atoms with van der Waals surface area (Å²) in [5, 5.41) is 4.90. The Morgan fingerprint density at radius 3 is 3.00 bits per heavy atom. The number of aryl methyl sites for hydroxylation is 1. The van der Waals surface area contributed by atoms with Gasteiger partial charge in [0, 0.05) is 11.5 Å². The maximum absolute atomic E-state index is 12.9. The number of benzene rings is 1. The van der Waals surface area contributed by atoms with E-state index in [-0.39, 0.29) is 5.82 Å². The van der Waals surface area contributed by atoms with Crippen molar-refractivity contribution in [1.82, 2.24) is 5.16 Å². The fraction of sp³-hybridized carbons (Fsp3) is 0.417. The molecule has 3 heteroatoms. The molecule has 2 aromatic rings. The monoisotopic (exact) mass is 207 g/mol. The third kappa shape index (κ3) is 2.17. The standard InChI is InChI=1S/C12H14FNO/c1-2-3-4-5-11-10-7-6-9(13)8-12(10)15-14-11/h6-8H,2-5H2,1H3. The van der Waals surface area contributed by atoms with E-state index in [1.807, 2.05) is 0 Å². The summed E-state index contributed by atoms with van der Waals surface area (Å²) in [5.74, 6) is -0.279. The molecule has 1 heterocycles. The molecule has 0 atom stereocenters. The summed E-state index contributed by atoms with van der Waals surface area (Å²) in [5.41, 5.74) is 1.49. The van der Waals surface area contributed by atoms with Gasteiger partial charge in [-0.25, -0.2) is 4.39 Å². The largest absolute Gasteiger partial charge is 0.356 e. The summed E-state index contributed by atoms with van der Waals surface area (Å²) < 4.78 is 17.9. The van der Waals surface area contributed by atoms with Crippen LogP contribution in [0.3, 0.4) is 0 Å². The smallest absolute Gasteiger partial charge is 0.170 e. The van der Waals surface area contributed by atoms with Crippen molar-refractivity contribution in [3.05, 3.63) is 29.7 Å². The van der Waals surface area contributed by atoms with E-state index >= 15 is 0 Å². The van der Waals surface area contributed by atoms with Gasteiger partial charge in [0.15, 0.2) is 5.58 Å². The molecule has 0 N–H and O–H groups in total. The fourth-order valence-electron chi connectivity index (χ4n) is 1.69. The van der Waals surface area contributed by atoms with E-state index in [0.29, 0.717) is 5.58 Å². The molecule has 0 spiro atoms. The van der Waals surface area contributed by atoms with Crippen LogP contribution in [0.15, 0.2) is 22.7 Å². The van der Waals surface area contributed by atoms with Crippen molar-refractivity contribution in [2.75, 3.05) is 0 Å². The quantitative estimate of drug-likeness (QED) is 0.714. The number of nitrogens with zero attached hydrogens (tertiary/aromatic N) is 1. The van der Waals surface area contributed by atoms with Crippen molar-refractivity contribution in [2.45, 2.75) is 32.6 Å². The maximum Gasteiger partial charge on any atom is 0.170 e. The number of halogens is 1. The lowest BCUT2D eigenvalue weighted by atomic mass is 10.1. The van der Waals surface area contributed by atoms with Gasteiger partial charge < -0.3 is 4.52 Å². The Balaban J connectivity index is 2.21. The maximum atomic E-state index is 12.9. The lowest BCUT2D eigenvalue weighted by Gasteiger charge is -1.95. The van der Waals surface area contributed by atoms with Gasteiger partial charge in [-0.05, 0) is 25.0 Å². The molecule has 0 aliphatic rings. The van der Waals surface area contributed by atoms with E-state index in [0.717, 1.165) is 23.9 Å². The minimum atomic E-state index is -0.279. The molecule has 0 saturated heterocycles. The van der Waals surface area contributed by atoms with E-state index < -0.39 is 0 Å². The highest BCUT2D eigenvalue weighted by molar-refractivity contribution is 5.79. The average Bonchev–Trinajstić information content (AvgIpc) is 2.61. The topological polar surface area (TPSA) is 26.0 Å². The third-order valence-corrected chi connectivity index (χ3v) is 2.53. The highest BCUT2D eigenvalue weighted by Crippen LogP contribution is 2.20. The molecular weight excluding hydrogens is 193 g/mol. The van der Waals surface area contributed by atoms with Crippen LogP contribution in [0.5, 0.6) is 0 Å². The molecule has 1 aromatic heterocycles. The van der Waals surface area contributed by atoms with Gasteiger partial charge in [-0.2, -0.15) is 0 Å². The zero-order chi connectivity index (χ0) is 10.7. The molecule has 80 valence electrons.